The SMILES string of the molecule is CC(=O)N(CC(=O)Nc1ccc(C)c(C)c1)C1CC1. The molecule has 4 nitrogen and oxygen atoms in total. The van der Waals surface area contributed by atoms with Gasteiger partial charge in [-0.3, -0.25) is 9.59 Å². The van der Waals surface area contributed by atoms with Crippen LogP contribution in [0.15, 0.2) is 18.2 Å². The van der Waals surface area contributed by atoms with Crippen molar-refractivity contribution >= 4 is 17.5 Å². The van der Waals surface area contributed by atoms with Gasteiger partial charge in [-0.15, -0.1) is 0 Å². The molecule has 1 aromatic rings. The summed E-state index contributed by atoms with van der Waals surface area (Å²) in [5.41, 5.74) is 3.12. The lowest BCUT2D eigenvalue weighted by molar-refractivity contribution is -0.133. The van der Waals surface area contributed by atoms with E-state index in [9.17, 15) is 9.59 Å². The topological polar surface area (TPSA) is 49.4 Å². The third kappa shape index (κ3) is 3.56. The minimum absolute atomic E-state index is 0.0299. The van der Waals surface area contributed by atoms with Gasteiger partial charge in [0.1, 0.15) is 6.54 Å². The highest BCUT2D eigenvalue weighted by atomic mass is 16.2. The van der Waals surface area contributed by atoms with Crippen LogP contribution in [0.1, 0.15) is 30.9 Å². The van der Waals surface area contributed by atoms with Gasteiger partial charge in [0, 0.05) is 18.7 Å². The predicted octanol–water partition coefficient (Wildman–Crippen LogP) is 2.25. The Morgan fingerprint density at radius 2 is 1.95 bits per heavy atom. The Bertz CT molecular complexity index is 507. The van der Waals surface area contributed by atoms with Gasteiger partial charge < -0.3 is 10.2 Å². The molecule has 1 aliphatic rings. The molecule has 0 spiro atoms. The summed E-state index contributed by atoms with van der Waals surface area (Å²) < 4.78 is 0. The zero-order valence-corrected chi connectivity index (χ0v) is 11.7. The second-order valence-electron chi connectivity index (χ2n) is 5.23. The van der Waals surface area contributed by atoms with E-state index in [1.807, 2.05) is 32.0 Å². The smallest absolute Gasteiger partial charge is 0.244 e. The van der Waals surface area contributed by atoms with E-state index in [-0.39, 0.29) is 24.4 Å². The number of carbonyl (C=O) groups is 2. The van der Waals surface area contributed by atoms with E-state index in [2.05, 4.69) is 5.32 Å². The number of nitrogens with one attached hydrogen (secondary N) is 1. The van der Waals surface area contributed by atoms with Crippen molar-refractivity contribution in [1.82, 2.24) is 4.90 Å². The quantitative estimate of drug-likeness (QED) is 0.902. The van der Waals surface area contributed by atoms with Crippen LogP contribution >= 0.6 is 0 Å². The highest BCUT2D eigenvalue weighted by molar-refractivity contribution is 5.94. The number of amides is 2. The van der Waals surface area contributed by atoms with E-state index in [0.29, 0.717) is 0 Å². The number of rotatable bonds is 4. The molecule has 0 aliphatic heterocycles. The van der Waals surface area contributed by atoms with Crippen LogP contribution in [0.25, 0.3) is 0 Å². The Labute approximate surface area is 113 Å². The van der Waals surface area contributed by atoms with Crippen molar-refractivity contribution in [3.8, 4) is 0 Å². The maximum absolute atomic E-state index is 12.0. The first kappa shape index (κ1) is 13.6. The first-order valence-electron chi connectivity index (χ1n) is 6.61. The minimum atomic E-state index is -0.134. The van der Waals surface area contributed by atoms with Gasteiger partial charge in [-0.25, -0.2) is 0 Å². The largest absolute Gasteiger partial charge is 0.331 e. The summed E-state index contributed by atoms with van der Waals surface area (Å²) in [6, 6.07) is 6.08. The fourth-order valence-corrected chi connectivity index (χ4v) is 2.06. The number of carbonyl (C=O) groups excluding carboxylic acids is 2. The van der Waals surface area contributed by atoms with E-state index in [1.54, 1.807) is 4.90 Å². The summed E-state index contributed by atoms with van der Waals surface area (Å²) in [6.07, 6.45) is 2.02. The van der Waals surface area contributed by atoms with Crippen LogP contribution in [-0.2, 0) is 9.59 Å². The maximum atomic E-state index is 12.0. The molecule has 2 rings (SSSR count). The normalized spacial score (nSPS) is 14.1. The highest BCUT2D eigenvalue weighted by Crippen LogP contribution is 2.26. The zero-order valence-electron chi connectivity index (χ0n) is 11.7. The molecular formula is C15H20N2O2. The molecular weight excluding hydrogens is 240 g/mol. The average molecular weight is 260 g/mol. The highest BCUT2D eigenvalue weighted by Gasteiger charge is 2.31. The molecule has 0 heterocycles. The first-order valence-corrected chi connectivity index (χ1v) is 6.61. The Hall–Kier alpha value is -1.84. The van der Waals surface area contributed by atoms with Crippen LogP contribution in [0, 0.1) is 13.8 Å². The molecule has 0 bridgehead atoms. The van der Waals surface area contributed by atoms with Crippen LogP contribution in [0.3, 0.4) is 0 Å². The van der Waals surface area contributed by atoms with Crippen molar-refractivity contribution in [2.45, 2.75) is 39.7 Å². The number of hydrogen-bond donors (Lipinski definition) is 1. The molecule has 1 saturated carbocycles. The van der Waals surface area contributed by atoms with E-state index >= 15 is 0 Å². The standard InChI is InChI=1S/C15H20N2O2/c1-10-4-5-13(8-11(10)2)16-15(19)9-17(12(3)18)14-6-7-14/h4-5,8,14H,6-7,9H2,1-3H3,(H,16,19). The Balaban J connectivity index is 1.96. The van der Waals surface area contributed by atoms with Gasteiger partial charge in [0.05, 0.1) is 0 Å². The molecule has 0 saturated heterocycles. The maximum Gasteiger partial charge on any atom is 0.244 e. The summed E-state index contributed by atoms with van der Waals surface area (Å²) in [6.45, 7) is 5.71. The fourth-order valence-electron chi connectivity index (χ4n) is 2.06. The minimum Gasteiger partial charge on any atom is -0.331 e. The number of nitrogens with zero attached hydrogens (tertiary/aromatic N) is 1. The molecule has 0 unspecified atom stereocenters. The zero-order chi connectivity index (χ0) is 14.0. The number of anilines is 1. The predicted molar refractivity (Wildman–Crippen MR) is 75.0 cm³/mol. The summed E-state index contributed by atoms with van der Waals surface area (Å²) in [7, 11) is 0. The first-order chi connectivity index (χ1) is 8.97. The van der Waals surface area contributed by atoms with E-state index in [0.717, 1.165) is 24.1 Å². The molecule has 2 amide bonds. The summed E-state index contributed by atoms with van der Waals surface area (Å²) in [5, 5.41) is 2.85. The molecule has 1 aliphatic carbocycles. The van der Waals surface area contributed by atoms with Crippen LogP contribution in [0.2, 0.25) is 0 Å². The average Bonchev–Trinajstić information content (AvgIpc) is 3.14. The molecule has 0 aromatic heterocycles. The van der Waals surface area contributed by atoms with Crippen LogP contribution < -0.4 is 5.32 Å². The van der Waals surface area contributed by atoms with Crippen molar-refractivity contribution in [3.05, 3.63) is 29.3 Å². The van der Waals surface area contributed by atoms with Gasteiger partial charge in [0.25, 0.3) is 0 Å². The van der Waals surface area contributed by atoms with Crippen LogP contribution in [0.4, 0.5) is 5.69 Å². The molecule has 1 aromatic carbocycles. The van der Waals surface area contributed by atoms with Gasteiger partial charge >= 0.3 is 0 Å². The van der Waals surface area contributed by atoms with E-state index in [1.165, 1.54) is 12.5 Å². The fraction of sp³-hybridized carbons (Fsp3) is 0.467. The second kappa shape index (κ2) is 5.43. The molecule has 1 fully saturated rings. The van der Waals surface area contributed by atoms with Gasteiger partial charge in [-0.1, -0.05) is 6.07 Å². The van der Waals surface area contributed by atoms with Crippen molar-refractivity contribution in [2.75, 3.05) is 11.9 Å². The Kier molecular flexibility index (Phi) is 3.88. The Morgan fingerprint density at radius 3 is 2.47 bits per heavy atom. The van der Waals surface area contributed by atoms with E-state index in [4.69, 9.17) is 0 Å². The monoisotopic (exact) mass is 260 g/mol. The van der Waals surface area contributed by atoms with Gasteiger partial charge in [0.2, 0.25) is 11.8 Å². The molecule has 0 radical (unpaired) electrons. The molecule has 102 valence electrons. The van der Waals surface area contributed by atoms with Crippen molar-refractivity contribution in [2.24, 2.45) is 0 Å². The third-order valence-corrected chi connectivity index (χ3v) is 3.50. The van der Waals surface area contributed by atoms with Gasteiger partial charge in [-0.05, 0) is 49.9 Å². The number of aryl methyl sites for hydroxylation is 2. The second-order valence-corrected chi connectivity index (χ2v) is 5.23. The van der Waals surface area contributed by atoms with E-state index < -0.39 is 0 Å². The third-order valence-electron chi connectivity index (χ3n) is 3.50. The summed E-state index contributed by atoms with van der Waals surface area (Å²) in [4.78, 5) is 25.1. The number of benzene rings is 1. The van der Waals surface area contributed by atoms with Gasteiger partial charge in [0.15, 0.2) is 0 Å². The van der Waals surface area contributed by atoms with Crippen LogP contribution in [0.5, 0.6) is 0 Å². The van der Waals surface area contributed by atoms with Gasteiger partial charge in [-0.2, -0.15) is 0 Å². The molecule has 0 atom stereocenters. The lowest BCUT2D eigenvalue weighted by Crippen LogP contribution is -2.38. The van der Waals surface area contributed by atoms with Crippen molar-refractivity contribution < 1.29 is 9.59 Å². The molecule has 19 heavy (non-hydrogen) atoms. The van der Waals surface area contributed by atoms with Crippen molar-refractivity contribution in [3.63, 3.8) is 0 Å². The van der Waals surface area contributed by atoms with Crippen molar-refractivity contribution in [1.29, 1.82) is 0 Å². The molecule has 1 N–H and O–H groups in total. The number of hydrogen-bond acceptors (Lipinski definition) is 2. The lowest BCUT2D eigenvalue weighted by Gasteiger charge is -2.20. The van der Waals surface area contributed by atoms with Crippen LogP contribution in [-0.4, -0.2) is 29.3 Å². The Morgan fingerprint density at radius 1 is 1.26 bits per heavy atom. The summed E-state index contributed by atoms with van der Waals surface area (Å²) >= 11 is 0. The lowest BCUT2D eigenvalue weighted by atomic mass is 10.1. The molecule has 4 heteroatoms. The summed E-state index contributed by atoms with van der Waals surface area (Å²) in [5.74, 6) is -0.164.